The van der Waals surface area contributed by atoms with Gasteiger partial charge in [-0.05, 0) is 30.5 Å². The van der Waals surface area contributed by atoms with Gasteiger partial charge in [0, 0.05) is 11.4 Å². The predicted octanol–water partition coefficient (Wildman–Crippen LogP) is 4.24. The topological polar surface area (TPSA) is 9.23 Å². The van der Waals surface area contributed by atoms with Crippen LogP contribution in [0.5, 0.6) is 0 Å². The molecule has 0 fully saturated rings. The highest BCUT2D eigenvalue weighted by Gasteiger charge is 2.10. The van der Waals surface area contributed by atoms with Crippen molar-refractivity contribution in [2.45, 2.75) is 24.6 Å². The maximum Gasteiger partial charge on any atom is 0.261 e. The van der Waals surface area contributed by atoms with Crippen LogP contribution in [-0.2, 0) is 4.74 Å². The number of ether oxygens (including phenoxy) is 1. The molecule has 0 bridgehead atoms. The maximum absolute atomic E-state index is 13.0. The van der Waals surface area contributed by atoms with E-state index >= 15 is 0 Å². The Labute approximate surface area is 107 Å². The molecule has 0 heterocycles. The van der Waals surface area contributed by atoms with E-state index in [1.807, 2.05) is 0 Å². The molecule has 17 heavy (non-hydrogen) atoms. The summed E-state index contributed by atoms with van der Waals surface area (Å²) in [6, 6.07) is 4.82. The Morgan fingerprint density at radius 1 is 1.35 bits per heavy atom. The molecule has 0 aliphatic carbocycles. The first-order chi connectivity index (χ1) is 8.00. The quantitative estimate of drug-likeness (QED) is 0.564. The number of aryl methyl sites for hydroxylation is 1. The third-order valence-corrected chi connectivity index (χ3v) is 3.29. The van der Waals surface area contributed by atoms with E-state index in [4.69, 9.17) is 4.74 Å². The van der Waals surface area contributed by atoms with Gasteiger partial charge < -0.3 is 4.74 Å². The highest BCUT2D eigenvalue weighted by molar-refractivity contribution is 9.09. The average molecular weight is 311 g/mol. The molecule has 0 saturated heterocycles. The van der Waals surface area contributed by atoms with Crippen LogP contribution < -0.4 is 0 Å². The lowest BCUT2D eigenvalue weighted by atomic mass is 10.1. The number of hydrogen-bond donors (Lipinski definition) is 0. The molecular weight excluding hydrogens is 297 g/mol. The number of alkyl halides is 3. The summed E-state index contributed by atoms with van der Waals surface area (Å²) < 4.78 is 41.4. The summed E-state index contributed by atoms with van der Waals surface area (Å²) >= 11 is 3.42. The third kappa shape index (κ3) is 5.08. The molecule has 1 aromatic rings. The molecule has 0 aromatic heterocycles. The van der Waals surface area contributed by atoms with E-state index in [1.54, 1.807) is 19.1 Å². The molecule has 1 atom stereocenters. The fraction of sp³-hybridized carbons (Fsp3) is 0.500. The van der Waals surface area contributed by atoms with Gasteiger partial charge in [-0.3, -0.25) is 0 Å². The Morgan fingerprint density at radius 2 is 2.06 bits per heavy atom. The minimum Gasteiger partial charge on any atom is -0.375 e. The third-order valence-electron chi connectivity index (χ3n) is 2.30. The molecule has 1 aromatic carbocycles. The highest BCUT2D eigenvalue weighted by Crippen LogP contribution is 2.27. The lowest BCUT2D eigenvalue weighted by Gasteiger charge is -2.11. The molecule has 0 spiro atoms. The van der Waals surface area contributed by atoms with Gasteiger partial charge in [-0.25, -0.2) is 13.2 Å². The van der Waals surface area contributed by atoms with E-state index in [9.17, 15) is 13.2 Å². The van der Waals surface area contributed by atoms with Crippen LogP contribution in [0.15, 0.2) is 18.2 Å². The van der Waals surface area contributed by atoms with Crippen molar-refractivity contribution in [3.8, 4) is 0 Å². The Morgan fingerprint density at radius 3 is 2.65 bits per heavy atom. The molecule has 0 saturated carbocycles. The first-order valence-electron chi connectivity index (χ1n) is 5.26. The zero-order chi connectivity index (χ0) is 12.8. The van der Waals surface area contributed by atoms with E-state index in [2.05, 4.69) is 15.9 Å². The van der Waals surface area contributed by atoms with Gasteiger partial charge in [0.25, 0.3) is 6.43 Å². The lowest BCUT2D eigenvalue weighted by Crippen LogP contribution is -2.06. The van der Waals surface area contributed by atoms with Gasteiger partial charge in [-0.2, -0.15) is 0 Å². The van der Waals surface area contributed by atoms with Crippen molar-refractivity contribution in [1.82, 2.24) is 0 Å². The van der Waals surface area contributed by atoms with Gasteiger partial charge in [0.2, 0.25) is 0 Å². The number of rotatable bonds is 6. The fourth-order valence-electron chi connectivity index (χ4n) is 1.39. The van der Waals surface area contributed by atoms with Crippen molar-refractivity contribution in [3.05, 3.63) is 35.1 Å². The number of halogens is 4. The first-order valence-corrected chi connectivity index (χ1v) is 6.18. The zero-order valence-electron chi connectivity index (χ0n) is 9.43. The normalized spacial score (nSPS) is 13.1. The molecule has 0 N–H and O–H groups in total. The van der Waals surface area contributed by atoms with Crippen molar-refractivity contribution in [1.29, 1.82) is 0 Å². The molecule has 0 radical (unpaired) electrons. The smallest absolute Gasteiger partial charge is 0.261 e. The summed E-state index contributed by atoms with van der Waals surface area (Å²) in [7, 11) is 0. The predicted molar refractivity (Wildman–Crippen MR) is 64.2 cm³/mol. The van der Waals surface area contributed by atoms with Crippen LogP contribution in [0.3, 0.4) is 0 Å². The summed E-state index contributed by atoms with van der Waals surface area (Å²) in [6.07, 6.45) is -1.87. The largest absolute Gasteiger partial charge is 0.375 e. The Bertz CT molecular complexity index is 358. The molecular formula is C12H14BrF3O. The Kier molecular flexibility index (Phi) is 5.98. The van der Waals surface area contributed by atoms with Crippen molar-refractivity contribution < 1.29 is 17.9 Å². The molecule has 1 rings (SSSR count). The zero-order valence-corrected chi connectivity index (χ0v) is 11.0. The van der Waals surface area contributed by atoms with Crippen molar-refractivity contribution in [2.24, 2.45) is 0 Å². The second-order valence-corrected chi connectivity index (χ2v) is 4.84. The maximum atomic E-state index is 13.0. The lowest BCUT2D eigenvalue weighted by molar-refractivity contribution is 0.0167. The SMILES string of the molecule is Cc1cc(C(Br)CCOCC(F)F)ccc1F. The molecule has 5 heteroatoms. The van der Waals surface area contributed by atoms with Crippen LogP contribution in [0.1, 0.15) is 22.4 Å². The standard InChI is InChI=1S/C12H14BrF3O/c1-8-6-9(2-3-11(8)14)10(13)4-5-17-7-12(15)16/h2-3,6,10,12H,4-5,7H2,1H3. The van der Waals surface area contributed by atoms with Crippen LogP contribution >= 0.6 is 15.9 Å². The van der Waals surface area contributed by atoms with Crippen LogP contribution in [0.2, 0.25) is 0 Å². The molecule has 1 unspecified atom stereocenters. The van der Waals surface area contributed by atoms with Crippen LogP contribution in [0, 0.1) is 12.7 Å². The second kappa shape index (κ2) is 7.01. The second-order valence-electron chi connectivity index (χ2n) is 3.73. The van der Waals surface area contributed by atoms with Crippen LogP contribution in [0.25, 0.3) is 0 Å². The van der Waals surface area contributed by atoms with E-state index in [1.165, 1.54) is 6.07 Å². The molecule has 96 valence electrons. The minimum atomic E-state index is -2.43. The Hall–Kier alpha value is -0.550. The number of benzene rings is 1. The Balaban J connectivity index is 2.41. The minimum absolute atomic E-state index is 0.0144. The summed E-state index contributed by atoms with van der Waals surface area (Å²) in [5.41, 5.74) is 1.49. The van der Waals surface area contributed by atoms with Gasteiger partial charge in [0.1, 0.15) is 12.4 Å². The van der Waals surface area contributed by atoms with Gasteiger partial charge >= 0.3 is 0 Å². The van der Waals surface area contributed by atoms with Gasteiger partial charge in [-0.1, -0.05) is 28.1 Å². The average Bonchev–Trinajstić information content (AvgIpc) is 2.27. The monoisotopic (exact) mass is 310 g/mol. The van der Waals surface area contributed by atoms with Gasteiger partial charge in [0.05, 0.1) is 0 Å². The van der Waals surface area contributed by atoms with Crippen molar-refractivity contribution in [2.75, 3.05) is 13.2 Å². The van der Waals surface area contributed by atoms with Crippen LogP contribution in [-0.4, -0.2) is 19.6 Å². The van der Waals surface area contributed by atoms with Crippen molar-refractivity contribution >= 4 is 15.9 Å². The van der Waals surface area contributed by atoms with E-state index in [0.717, 1.165) is 5.56 Å². The molecule has 1 nitrogen and oxygen atoms in total. The van der Waals surface area contributed by atoms with E-state index in [0.29, 0.717) is 12.0 Å². The molecule has 0 amide bonds. The van der Waals surface area contributed by atoms with Gasteiger partial charge in [0.15, 0.2) is 0 Å². The summed E-state index contributed by atoms with van der Waals surface area (Å²) in [5.74, 6) is -0.248. The summed E-state index contributed by atoms with van der Waals surface area (Å²) in [6.45, 7) is 1.39. The van der Waals surface area contributed by atoms with Crippen LogP contribution in [0.4, 0.5) is 13.2 Å². The van der Waals surface area contributed by atoms with Crippen molar-refractivity contribution in [3.63, 3.8) is 0 Å². The summed E-state index contributed by atoms with van der Waals surface area (Å²) in [5, 5.41) is 0. The first kappa shape index (κ1) is 14.5. The molecule has 0 aliphatic heterocycles. The summed E-state index contributed by atoms with van der Waals surface area (Å²) in [4.78, 5) is -0.0144. The van der Waals surface area contributed by atoms with E-state index < -0.39 is 13.0 Å². The number of hydrogen-bond acceptors (Lipinski definition) is 1. The van der Waals surface area contributed by atoms with E-state index in [-0.39, 0.29) is 17.3 Å². The highest BCUT2D eigenvalue weighted by atomic mass is 79.9. The molecule has 0 aliphatic rings. The van der Waals surface area contributed by atoms with Gasteiger partial charge in [-0.15, -0.1) is 0 Å². The fourth-order valence-corrected chi connectivity index (χ4v) is 1.86.